The number of amides is 1. The van der Waals surface area contributed by atoms with E-state index in [1.165, 1.54) is 6.42 Å². The highest BCUT2D eigenvalue weighted by Gasteiger charge is 2.22. The van der Waals surface area contributed by atoms with Gasteiger partial charge in [-0.3, -0.25) is 4.79 Å². The SMILES string of the molecule is Cc1ccccc1C(C#N)CC(=O)N1CCCCC1. The minimum atomic E-state index is -0.323. The summed E-state index contributed by atoms with van der Waals surface area (Å²) in [4.78, 5) is 14.1. The zero-order chi connectivity index (χ0) is 13.7. The molecule has 1 unspecified atom stereocenters. The molecule has 0 aromatic heterocycles. The largest absolute Gasteiger partial charge is 0.343 e. The van der Waals surface area contributed by atoms with Gasteiger partial charge in [0.2, 0.25) is 5.91 Å². The highest BCUT2D eigenvalue weighted by atomic mass is 16.2. The summed E-state index contributed by atoms with van der Waals surface area (Å²) in [5.74, 6) is -0.204. The maximum Gasteiger partial charge on any atom is 0.224 e. The fraction of sp³-hybridized carbons (Fsp3) is 0.500. The van der Waals surface area contributed by atoms with Crippen LogP contribution in [0.15, 0.2) is 24.3 Å². The number of hydrogen-bond donors (Lipinski definition) is 0. The molecule has 3 nitrogen and oxygen atoms in total. The summed E-state index contributed by atoms with van der Waals surface area (Å²) in [5.41, 5.74) is 2.07. The topological polar surface area (TPSA) is 44.1 Å². The van der Waals surface area contributed by atoms with Crippen molar-refractivity contribution in [2.24, 2.45) is 0 Å². The van der Waals surface area contributed by atoms with E-state index in [0.717, 1.165) is 37.1 Å². The van der Waals surface area contributed by atoms with Crippen LogP contribution in [0.1, 0.15) is 42.7 Å². The lowest BCUT2D eigenvalue weighted by atomic mass is 9.92. The van der Waals surface area contributed by atoms with E-state index < -0.39 is 0 Å². The number of benzene rings is 1. The molecular weight excluding hydrogens is 236 g/mol. The Hall–Kier alpha value is -1.82. The molecule has 1 aliphatic heterocycles. The highest BCUT2D eigenvalue weighted by Crippen LogP contribution is 2.24. The molecule has 1 saturated heterocycles. The summed E-state index contributed by atoms with van der Waals surface area (Å²) in [5, 5.41) is 9.33. The molecule has 1 aliphatic rings. The lowest BCUT2D eigenvalue weighted by molar-refractivity contribution is -0.132. The third-order valence-electron chi connectivity index (χ3n) is 3.81. The minimum absolute atomic E-state index is 0.120. The first-order valence-corrected chi connectivity index (χ1v) is 6.95. The number of rotatable bonds is 3. The number of nitrogens with zero attached hydrogens (tertiary/aromatic N) is 2. The molecule has 0 aliphatic carbocycles. The fourth-order valence-electron chi connectivity index (χ4n) is 2.65. The molecule has 0 N–H and O–H groups in total. The Balaban J connectivity index is 2.05. The number of aryl methyl sites for hydroxylation is 1. The van der Waals surface area contributed by atoms with E-state index in [9.17, 15) is 10.1 Å². The predicted molar refractivity (Wildman–Crippen MR) is 74.6 cm³/mol. The Morgan fingerprint density at radius 3 is 2.63 bits per heavy atom. The van der Waals surface area contributed by atoms with Crippen LogP contribution < -0.4 is 0 Å². The number of nitriles is 1. The Morgan fingerprint density at radius 2 is 2.00 bits per heavy atom. The summed E-state index contributed by atoms with van der Waals surface area (Å²) >= 11 is 0. The van der Waals surface area contributed by atoms with Gasteiger partial charge in [-0.25, -0.2) is 0 Å². The Morgan fingerprint density at radius 1 is 1.32 bits per heavy atom. The molecule has 1 atom stereocenters. The second-order valence-corrected chi connectivity index (χ2v) is 5.18. The van der Waals surface area contributed by atoms with Crippen molar-refractivity contribution in [1.29, 1.82) is 5.26 Å². The molecule has 3 heteroatoms. The quantitative estimate of drug-likeness (QED) is 0.834. The van der Waals surface area contributed by atoms with Crippen LogP contribution in [0.2, 0.25) is 0 Å². The smallest absolute Gasteiger partial charge is 0.224 e. The number of carbonyl (C=O) groups excluding carboxylic acids is 1. The molecule has 1 aromatic carbocycles. The normalized spacial score (nSPS) is 16.7. The van der Waals surface area contributed by atoms with Crippen LogP contribution in [0.5, 0.6) is 0 Å². The van der Waals surface area contributed by atoms with Gasteiger partial charge < -0.3 is 4.90 Å². The van der Waals surface area contributed by atoms with Gasteiger partial charge in [-0.2, -0.15) is 5.26 Å². The summed E-state index contributed by atoms with van der Waals surface area (Å²) in [7, 11) is 0. The van der Waals surface area contributed by atoms with Gasteiger partial charge in [0.25, 0.3) is 0 Å². The van der Waals surface area contributed by atoms with Gasteiger partial charge >= 0.3 is 0 Å². The van der Waals surface area contributed by atoms with E-state index in [1.807, 2.05) is 36.1 Å². The molecular formula is C16H20N2O. The molecule has 0 saturated carbocycles. The van der Waals surface area contributed by atoms with Gasteiger partial charge in [0.15, 0.2) is 0 Å². The Labute approximate surface area is 114 Å². The Kier molecular flexibility index (Phi) is 4.57. The summed E-state index contributed by atoms with van der Waals surface area (Å²) in [6.45, 7) is 3.69. The summed E-state index contributed by atoms with van der Waals surface area (Å²) in [6.07, 6.45) is 3.70. The van der Waals surface area contributed by atoms with Crippen LogP contribution in [0.25, 0.3) is 0 Å². The van der Waals surface area contributed by atoms with Crippen LogP contribution >= 0.6 is 0 Å². The maximum absolute atomic E-state index is 12.2. The monoisotopic (exact) mass is 256 g/mol. The van der Waals surface area contributed by atoms with E-state index in [2.05, 4.69) is 6.07 Å². The van der Waals surface area contributed by atoms with Gasteiger partial charge in [0.05, 0.1) is 12.0 Å². The van der Waals surface area contributed by atoms with Gasteiger partial charge in [0, 0.05) is 19.5 Å². The van der Waals surface area contributed by atoms with E-state index in [0.29, 0.717) is 6.42 Å². The second kappa shape index (κ2) is 6.38. The minimum Gasteiger partial charge on any atom is -0.343 e. The molecule has 19 heavy (non-hydrogen) atoms. The molecule has 0 bridgehead atoms. The van der Waals surface area contributed by atoms with E-state index in [-0.39, 0.29) is 11.8 Å². The zero-order valence-electron chi connectivity index (χ0n) is 11.4. The van der Waals surface area contributed by atoms with Crippen LogP contribution in [0.4, 0.5) is 0 Å². The Bertz CT molecular complexity index is 484. The molecule has 1 aromatic rings. The number of hydrogen-bond acceptors (Lipinski definition) is 2. The van der Waals surface area contributed by atoms with E-state index in [1.54, 1.807) is 0 Å². The first-order chi connectivity index (χ1) is 9.22. The second-order valence-electron chi connectivity index (χ2n) is 5.18. The molecule has 1 fully saturated rings. The fourth-order valence-corrected chi connectivity index (χ4v) is 2.65. The van der Waals surface area contributed by atoms with Crippen molar-refractivity contribution in [3.8, 4) is 6.07 Å². The molecule has 1 amide bonds. The van der Waals surface area contributed by atoms with Gasteiger partial charge in [-0.15, -0.1) is 0 Å². The average molecular weight is 256 g/mol. The third kappa shape index (κ3) is 3.35. The average Bonchev–Trinajstić information content (AvgIpc) is 2.46. The van der Waals surface area contributed by atoms with Crippen LogP contribution in [0, 0.1) is 18.3 Å². The van der Waals surface area contributed by atoms with Crippen molar-refractivity contribution in [2.45, 2.75) is 38.5 Å². The van der Waals surface area contributed by atoms with Crippen LogP contribution in [0.3, 0.4) is 0 Å². The van der Waals surface area contributed by atoms with E-state index >= 15 is 0 Å². The molecule has 1 heterocycles. The molecule has 100 valence electrons. The third-order valence-corrected chi connectivity index (χ3v) is 3.81. The summed E-state index contributed by atoms with van der Waals surface area (Å²) < 4.78 is 0. The highest BCUT2D eigenvalue weighted by molar-refractivity contribution is 5.77. The van der Waals surface area contributed by atoms with Crippen molar-refractivity contribution >= 4 is 5.91 Å². The molecule has 2 rings (SSSR count). The van der Waals surface area contributed by atoms with Gasteiger partial charge in [-0.1, -0.05) is 24.3 Å². The number of carbonyl (C=O) groups is 1. The van der Waals surface area contributed by atoms with Crippen molar-refractivity contribution in [3.63, 3.8) is 0 Å². The lowest BCUT2D eigenvalue weighted by Gasteiger charge is -2.27. The lowest BCUT2D eigenvalue weighted by Crippen LogP contribution is -2.36. The first-order valence-electron chi connectivity index (χ1n) is 6.95. The zero-order valence-corrected chi connectivity index (χ0v) is 11.4. The maximum atomic E-state index is 12.2. The van der Waals surface area contributed by atoms with Gasteiger partial charge in [-0.05, 0) is 37.3 Å². The van der Waals surface area contributed by atoms with Crippen LogP contribution in [-0.2, 0) is 4.79 Å². The standard InChI is InChI=1S/C16H20N2O/c1-13-7-3-4-8-15(13)14(12-17)11-16(19)18-9-5-2-6-10-18/h3-4,7-8,14H,2,5-6,9-11H2,1H3. The molecule has 0 spiro atoms. The predicted octanol–water partition coefficient (Wildman–Crippen LogP) is 3.00. The molecule has 0 radical (unpaired) electrons. The van der Waals surface area contributed by atoms with Crippen LogP contribution in [-0.4, -0.2) is 23.9 Å². The number of likely N-dealkylation sites (tertiary alicyclic amines) is 1. The first kappa shape index (κ1) is 13.6. The van der Waals surface area contributed by atoms with Crippen molar-refractivity contribution in [2.75, 3.05) is 13.1 Å². The van der Waals surface area contributed by atoms with Gasteiger partial charge in [0.1, 0.15) is 0 Å². The van der Waals surface area contributed by atoms with Crippen molar-refractivity contribution in [1.82, 2.24) is 4.90 Å². The summed E-state index contributed by atoms with van der Waals surface area (Å²) in [6, 6.07) is 10.1. The van der Waals surface area contributed by atoms with Crippen molar-refractivity contribution < 1.29 is 4.79 Å². The number of piperidine rings is 1. The van der Waals surface area contributed by atoms with E-state index in [4.69, 9.17) is 0 Å². The van der Waals surface area contributed by atoms with Crippen molar-refractivity contribution in [3.05, 3.63) is 35.4 Å².